The Morgan fingerprint density at radius 1 is 0.895 bits per heavy atom. The number of nitrogens with one attached hydrogen (secondary N) is 1. The van der Waals surface area contributed by atoms with Gasteiger partial charge in [-0.1, -0.05) is 0 Å². The molecule has 2 amide bonds. The normalized spacial score (nSPS) is 14.9. The highest BCUT2D eigenvalue weighted by molar-refractivity contribution is 6.04. The number of rotatable bonds is 3. The summed E-state index contributed by atoms with van der Waals surface area (Å²) in [7, 11) is 3.10. The van der Waals surface area contributed by atoms with Crippen LogP contribution in [0.15, 0.2) is 65.7 Å². The van der Waals surface area contributed by atoms with E-state index < -0.39 is 11.7 Å². The zero-order valence-corrected chi connectivity index (χ0v) is 20.7. The molecule has 0 bridgehead atoms. The van der Waals surface area contributed by atoms with Gasteiger partial charge in [0, 0.05) is 31.9 Å². The van der Waals surface area contributed by atoms with Crippen LogP contribution in [0.2, 0.25) is 0 Å². The number of aliphatic imine (C=N–C) groups is 1. The smallest absolute Gasteiger partial charge is 0.416 e. The zero-order chi connectivity index (χ0) is 26.9. The molecule has 11 heteroatoms. The Labute approximate surface area is 217 Å². The maximum Gasteiger partial charge on any atom is 0.416 e. The molecule has 0 spiro atoms. The Kier molecular flexibility index (Phi) is 6.75. The standard InChI is InChI=1S/C27H25F3N4O4/c1-36-19-6-4-18(5-7-19)31-26(35)34-13-11-33(12-14-34)25-21-16-20(37-2)8-10-23(21)38-24-9-3-17(27(28,29)30)15-22(24)32-25/h3-10,15-16H,11-14H2,1-2H3,(H,31,35). The van der Waals surface area contributed by atoms with E-state index in [2.05, 4.69) is 10.3 Å². The van der Waals surface area contributed by atoms with Gasteiger partial charge in [-0.15, -0.1) is 0 Å². The topological polar surface area (TPSA) is 75.6 Å². The first kappa shape index (κ1) is 25.2. The van der Waals surface area contributed by atoms with Crippen LogP contribution in [0, 0.1) is 0 Å². The van der Waals surface area contributed by atoms with Crippen LogP contribution in [-0.2, 0) is 6.18 Å². The minimum Gasteiger partial charge on any atom is -0.497 e. The minimum absolute atomic E-state index is 0.0738. The molecule has 1 fully saturated rings. The lowest BCUT2D eigenvalue weighted by atomic mass is 10.1. The van der Waals surface area contributed by atoms with Crippen molar-refractivity contribution in [3.8, 4) is 23.0 Å². The molecule has 3 aromatic rings. The van der Waals surface area contributed by atoms with Crippen molar-refractivity contribution in [1.29, 1.82) is 0 Å². The Balaban J connectivity index is 1.40. The van der Waals surface area contributed by atoms with Gasteiger partial charge in [-0.3, -0.25) is 0 Å². The van der Waals surface area contributed by atoms with E-state index in [-0.39, 0.29) is 17.5 Å². The highest BCUT2D eigenvalue weighted by Gasteiger charge is 2.33. The van der Waals surface area contributed by atoms with Gasteiger partial charge in [0.15, 0.2) is 5.75 Å². The lowest BCUT2D eigenvalue weighted by Gasteiger charge is -2.36. The maximum atomic E-state index is 13.4. The number of methoxy groups -OCH3 is 2. The number of amides is 2. The molecule has 8 nitrogen and oxygen atoms in total. The van der Waals surface area contributed by atoms with Gasteiger partial charge in [-0.2, -0.15) is 13.2 Å². The number of alkyl halides is 3. The van der Waals surface area contributed by atoms with Crippen LogP contribution >= 0.6 is 0 Å². The first-order valence-corrected chi connectivity index (χ1v) is 11.9. The van der Waals surface area contributed by atoms with Gasteiger partial charge in [0.05, 0.1) is 25.3 Å². The van der Waals surface area contributed by atoms with Crippen molar-refractivity contribution in [3.05, 3.63) is 71.8 Å². The third kappa shape index (κ3) is 5.17. The third-order valence-corrected chi connectivity index (χ3v) is 6.37. The van der Waals surface area contributed by atoms with E-state index >= 15 is 0 Å². The van der Waals surface area contributed by atoms with Crippen molar-refractivity contribution in [1.82, 2.24) is 9.80 Å². The summed E-state index contributed by atoms with van der Waals surface area (Å²) in [6, 6.07) is 15.2. The summed E-state index contributed by atoms with van der Waals surface area (Å²) in [5, 5.41) is 2.87. The summed E-state index contributed by atoms with van der Waals surface area (Å²) in [4.78, 5) is 21.1. The average Bonchev–Trinajstić information content (AvgIpc) is 3.09. The number of carbonyl (C=O) groups is 1. The van der Waals surface area contributed by atoms with Crippen molar-refractivity contribution in [2.24, 2.45) is 4.99 Å². The fourth-order valence-electron chi connectivity index (χ4n) is 4.30. The number of carbonyl (C=O) groups excluding carboxylic acids is 1. The quantitative estimate of drug-likeness (QED) is 0.470. The van der Waals surface area contributed by atoms with Crippen LogP contribution in [0.5, 0.6) is 23.0 Å². The highest BCUT2D eigenvalue weighted by atomic mass is 19.4. The summed E-state index contributed by atoms with van der Waals surface area (Å²) in [5.41, 5.74) is 0.489. The molecule has 0 atom stereocenters. The number of ether oxygens (including phenoxy) is 3. The number of halogens is 3. The Morgan fingerprint density at radius 3 is 2.21 bits per heavy atom. The van der Waals surface area contributed by atoms with E-state index in [9.17, 15) is 18.0 Å². The molecule has 3 aromatic carbocycles. The Hall–Kier alpha value is -4.41. The highest BCUT2D eigenvalue weighted by Crippen LogP contribution is 2.42. The van der Waals surface area contributed by atoms with E-state index in [0.29, 0.717) is 60.5 Å². The van der Waals surface area contributed by atoms with E-state index in [4.69, 9.17) is 14.2 Å². The molecule has 1 N–H and O–H groups in total. The predicted molar refractivity (Wildman–Crippen MR) is 136 cm³/mol. The lowest BCUT2D eigenvalue weighted by Crippen LogP contribution is -2.51. The first-order chi connectivity index (χ1) is 18.2. The van der Waals surface area contributed by atoms with Gasteiger partial charge >= 0.3 is 12.2 Å². The third-order valence-electron chi connectivity index (χ3n) is 6.37. The van der Waals surface area contributed by atoms with Gasteiger partial charge in [0.25, 0.3) is 0 Å². The van der Waals surface area contributed by atoms with Gasteiger partial charge in [0.1, 0.15) is 28.8 Å². The lowest BCUT2D eigenvalue weighted by molar-refractivity contribution is -0.137. The van der Waals surface area contributed by atoms with Gasteiger partial charge in [-0.05, 0) is 60.7 Å². The predicted octanol–water partition coefficient (Wildman–Crippen LogP) is 5.76. The van der Waals surface area contributed by atoms with E-state index in [1.54, 1.807) is 54.5 Å². The number of nitrogens with zero attached hydrogens (tertiary/aromatic N) is 3. The van der Waals surface area contributed by atoms with Crippen LogP contribution in [0.25, 0.3) is 0 Å². The van der Waals surface area contributed by atoms with Crippen LogP contribution in [-0.4, -0.2) is 62.1 Å². The Bertz CT molecular complexity index is 1370. The summed E-state index contributed by atoms with van der Waals surface area (Å²) in [6.07, 6.45) is -4.52. The van der Waals surface area contributed by atoms with Gasteiger partial charge < -0.3 is 29.3 Å². The van der Waals surface area contributed by atoms with Crippen molar-refractivity contribution in [2.75, 3.05) is 45.7 Å². The second-order valence-corrected chi connectivity index (χ2v) is 8.71. The number of hydrogen-bond donors (Lipinski definition) is 1. The van der Waals surface area contributed by atoms with Gasteiger partial charge in [0.2, 0.25) is 0 Å². The second-order valence-electron chi connectivity index (χ2n) is 8.71. The molecule has 5 rings (SSSR count). The number of hydrogen-bond acceptors (Lipinski definition) is 6. The zero-order valence-electron chi connectivity index (χ0n) is 20.7. The fourth-order valence-corrected chi connectivity index (χ4v) is 4.30. The minimum atomic E-state index is -4.52. The molecule has 1 saturated heterocycles. The molecule has 38 heavy (non-hydrogen) atoms. The summed E-state index contributed by atoms with van der Waals surface area (Å²) >= 11 is 0. The molecular formula is C27H25F3N4O4. The van der Waals surface area contributed by atoms with Crippen LogP contribution in [0.1, 0.15) is 11.1 Å². The molecule has 2 heterocycles. The largest absolute Gasteiger partial charge is 0.497 e. The maximum absolute atomic E-state index is 13.4. The number of anilines is 1. The number of piperazine rings is 1. The van der Waals surface area contributed by atoms with E-state index in [1.165, 1.54) is 13.2 Å². The van der Waals surface area contributed by atoms with Crippen molar-refractivity contribution >= 4 is 23.2 Å². The molecule has 0 aromatic heterocycles. The first-order valence-electron chi connectivity index (χ1n) is 11.9. The Morgan fingerprint density at radius 2 is 1.55 bits per heavy atom. The summed E-state index contributed by atoms with van der Waals surface area (Å²) < 4.78 is 56.8. The van der Waals surface area contributed by atoms with E-state index in [1.807, 2.05) is 4.90 Å². The average molecular weight is 527 g/mol. The summed E-state index contributed by atoms with van der Waals surface area (Å²) in [6.45, 7) is 1.60. The SMILES string of the molecule is COc1ccc(NC(=O)N2CCN(C3=Nc4cc(C(F)(F)F)ccc4Oc4ccc(OC)cc43)CC2)cc1. The number of urea groups is 1. The molecule has 0 unspecified atom stereocenters. The number of fused-ring (bicyclic) bond motifs is 2. The van der Waals surface area contributed by atoms with Crippen molar-refractivity contribution in [2.45, 2.75) is 6.18 Å². The molecule has 2 aliphatic rings. The molecule has 0 radical (unpaired) electrons. The molecule has 0 aliphatic carbocycles. The number of amidine groups is 1. The van der Waals surface area contributed by atoms with Crippen molar-refractivity contribution < 1.29 is 32.2 Å². The summed E-state index contributed by atoms with van der Waals surface area (Å²) in [5.74, 6) is 2.36. The van der Waals surface area contributed by atoms with E-state index in [0.717, 1.165) is 12.1 Å². The molecule has 198 valence electrons. The van der Waals surface area contributed by atoms with Gasteiger partial charge in [-0.25, -0.2) is 9.79 Å². The second kappa shape index (κ2) is 10.2. The fraction of sp³-hybridized carbons (Fsp3) is 0.259. The molecular weight excluding hydrogens is 501 g/mol. The molecule has 0 saturated carbocycles. The van der Waals surface area contributed by atoms with Crippen LogP contribution in [0.3, 0.4) is 0 Å². The number of benzene rings is 3. The monoisotopic (exact) mass is 526 g/mol. The van der Waals surface area contributed by atoms with Crippen LogP contribution < -0.4 is 19.5 Å². The van der Waals surface area contributed by atoms with Crippen molar-refractivity contribution in [3.63, 3.8) is 0 Å². The molecule has 2 aliphatic heterocycles. The van der Waals surface area contributed by atoms with Crippen LogP contribution in [0.4, 0.5) is 29.3 Å².